The molecule has 1 aromatic rings. The molecule has 0 aromatic heterocycles. The Morgan fingerprint density at radius 3 is 2.79 bits per heavy atom. The summed E-state index contributed by atoms with van der Waals surface area (Å²) in [6.07, 6.45) is 4.54. The Morgan fingerprint density at radius 2 is 2.05 bits per heavy atom. The zero-order valence-electron chi connectivity index (χ0n) is 11.6. The van der Waals surface area contributed by atoms with Gasteiger partial charge in [0.2, 0.25) is 0 Å². The fraction of sp³-hybridized carbons (Fsp3) is 0.562. The van der Waals surface area contributed by atoms with E-state index in [-0.39, 0.29) is 0 Å². The maximum absolute atomic E-state index is 5.79. The first-order valence-electron chi connectivity index (χ1n) is 7.33. The molecule has 0 bridgehead atoms. The van der Waals surface area contributed by atoms with Crippen LogP contribution in [0.4, 0.5) is 0 Å². The van der Waals surface area contributed by atoms with Crippen molar-refractivity contribution in [3.63, 3.8) is 0 Å². The summed E-state index contributed by atoms with van der Waals surface area (Å²) in [6.45, 7) is 2.94. The van der Waals surface area contributed by atoms with Crippen molar-refractivity contribution in [2.24, 2.45) is 16.6 Å². The van der Waals surface area contributed by atoms with Crippen LogP contribution in [-0.4, -0.2) is 24.5 Å². The van der Waals surface area contributed by atoms with Crippen LogP contribution in [0.15, 0.2) is 29.3 Å². The maximum Gasteiger partial charge on any atom is 0.101 e. The van der Waals surface area contributed by atoms with Crippen molar-refractivity contribution in [1.82, 2.24) is 5.32 Å². The molecule has 1 aromatic carbocycles. The molecule has 3 N–H and O–H groups in total. The van der Waals surface area contributed by atoms with Crippen LogP contribution in [0, 0.1) is 12.8 Å². The van der Waals surface area contributed by atoms with Gasteiger partial charge in [0, 0.05) is 12.5 Å². The van der Waals surface area contributed by atoms with Gasteiger partial charge in [-0.3, -0.25) is 4.99 Å². The van der Waals surface area contributed by atoms with Crippen LogP contribution in [0.5, 0.6) is 0 Å². The number of aliphatic imine (C=N–C) groups is 1. The molecular formula is C16H23N3. The molecular weight excluding hydrogens is 234 g/mol. The van der Waals surface area contributed by atoms with E-state index in [0.29, 0.717) is 18.0 Å². The summed E-state index contributed by atoms with van der Waals surface area (Å²) in [5, 5.41) is 3.61. The molecule has 3 nitrogen and oxygen atoms in total. The smallest absolute Gasteiger partial charge is 0.101 e. The van der Waals surface area contributed by atoms with E-state index in [0.717, 1.165) is 18.8 Å². The maximum atomic E-state index is 5.79. The molecule has 1 saturated carbocycles. The Hall–Kier alpha value is -1.35. The van der Waals surface area contributed by atoms with Crippen LogP contribution in [0.25, 0.3) is 0 Å². The fourth-order valence-corrected chi connectivity index (χ4v) is 3.21. The second-order valence-electron chi connectivity index (χ2n) is 5.97. The van der Waals surface area contributed by atoms with Gasteiger partial charge in [-0.05, 0) is 44.2 Å². The van der Waals surface area contributed by atoms with E-state index in [9.17, 15) is 0 Å². The number of nitrogens with two attached hydrogens (primary N) is 1. The van der Waals surface area contributed by atoms with Crippen LogP contribution in [0.3, 0.4) is 0 Å². The molecule has 3 unspecified atom stereocenters. The first-order chi connectivity index (χ1) is 9.24. The van der Waals surface area contributed by atoms with Crippen molar-refractivity contribution in [3.05, 3.63) is 35.4 Å². The van der Waals surface area contributed by atoms with E-state index in [1.165, 1.54) is 30.4 Å². The topological polar surface area (TPSA) is 50.4 Å². The monoisotopic (exact) mass is 257 g/mol. The molecule has 0 spiro atoms. The van der Waals surface area contributed by atoms with Crippen molar-refractivity contribution in [1.29, 1.82) is 0 Å². The van der Waals surface area contributed by atoms with E-state index in [1.807, 2.05) is 0 Å². The molecule has 2 aliphatic rings. The molecule has 1 aliphatic carbocycles. The van der Waals surface area contributed by atoms with Gasteiger partial charge in [-0.15, -0.1) is 0 Å². The first-order valence-corrected chi connectivity index (χ1v) is 7.33. The highest BCUT2D eigenvalue weighted by Crippen LogP contribution is 2.29. The lowest BCUT2D eigenvalue weighted by Crippen LogP contribution is -2.41. The number of nitrogens with zero attached hydrogens (tertiary/aromatic N) is 1. The SMILES string of the molecule is Cc1ccc(CC2=NC3CCC(CN)CC3N2)cc1. The molecule has 3 heteroatoms. The molecule has 1 fully saturated rings. The molecule has 1 heterocycles. The molecule has 19 heavy (non-hydrogen) atoms. The van der Waals surface area contributed by atoms with Crippen LogP contribution < -0.4 is 11.1 Å². The van der Waals surface area contributed by atoms with Crippen molar-refractivity contribution in [2.45, 2.75) is 44.7 Å². The van der Waals surface area contributed by atoms with Gasteiger partial charge in [-0.25, -0.2) is 0 Å². The van der Waals surface area contributed by atoms with Gasteiger partial charge >= 0.3 is 0 Å². The molecule has 102 valence electrons. The number of benzene rings is 1. The number of fused-ring (bicyclic) bond motifs is 1. The highest BCUT2D eigenvalue weighted by Gasteiger charge is 2.34. The minimum absolute atomic E-state index is 0.489. The standard InChI is InChI=1S/C16H23N3/c1-11-2-4-12(5-3-11)9-16-18-14-7-6-13(10-17)8-15(14)19-16/h2-5,13-15H,6-10,17H2,1H3,(H,18,19). The number of rotatable bonds is 3. The molecule has 3 rings (SSSR count). The summed E-state index contributed by atoms with van der Waals surface area (Å²) in [5.41, 5.74) is 8.44. The van der Waals surface area contributed by atoms with E-state index < -0.39 is 0 Å². The molecule has 0 radical (unpaired) electrons. The Bertz CT molecular complexity index is 463. The largest absolute Gasteiger partial charge is 0.369 e. The highest BCUT2D eigenvalue weighted by atomic mass is 15.1. The predicted molar refractivity (Wildman–Crippen MR) is 79.4 cm³/mol. The second-order valence-corrected chi connectivity index (χ2v) is 5.97. The van der Waals surface area contributed by atoms with E-state index >= 15 is 0 Å². The van der Waals surface area contributed by atoms with Gasteiger partial charge in [0.05, 0.1) is 6.04 Å². The van der Waals surface area contributed by atoms with Crippen LogP contribution in [0.1, 0.15) is 30.4 Å². The Balaban J connectivity index is 1.63. The highest BCUT2D eigenvalue weighted by molar-refractivity contribution is 5.86. The summed E-state index contributed by atoms with van der Waals surface area (Å²) in [7, 11) is 0. The number of amidine groups is 1. The lowest BCUT2D eigenvalue weighted by Gasteiger charge is -2.29. The van der Waals surface area contributed by atoms with E-state index in [4.69, 9.17) is 10.7 Å². The fourth-order valence-electron chi connectivity index (χ4n) is 3.21. The van der Waals surface area contributed by atoms with Crippen molar-refractivity contribution in [2.75, 3.05) is 6.54 Å². The zero-order valence-corrected chi connectivity index (χ0v) is 11.6. The van der Waals surface area contributed by atoms with Gasteiger partial charge in [-0.2, -0.15) is 0 Å². The summed E-state index contributed by atoms with van der Waals surface area (Å²) in [4.78, 5) is 4.86. The second kappa shape index (κ2) is 5.33. The Morgan fingerprint density at radius 1 is 1.26 bits per heavy atom. The Labute approximate surface area is 115 Å². The van der Waals surface area contributed by atoms with E-state index in [2.05, 4.69) is 36.5 Å². The molecule has 0 amide bonds. The average molecular weight is 257 g/mol. The Kier molecular flexibility index (Phi) is 3.56. The number of nitrogens with one attached hydrogen (secondary N) is 1. The van der Waals surface area contributed by atoms with Gasteiger partial charge in [0.15, 0.2) is 0 Å². The minimum Gasteiger partial charge on any atom is -0.369 e. The zero-order chi connectivity index (χ0) is 13.2. The third kappa shape index (κ3) is 2.81. The third-order valence-corrected chi connectivity index (χ3v) is 4.42. The first kappa shape index (κ1) is 12.7. The van der Waals surface area contributed by atoms with Gasteiger partial charge in [0.1, 0.15) is 5.84 Å². The van der Waals surface area contributed by atoms with Crippen molar-refractivity contribution in [3.8, 4) is 0 Å². The summed E-state index contributed by atoms with van der Waals surface area (Å²) in [6, 6.07) is 9.75. The van der Waals surface area contributed by atoms with Crippen LogP contribution in [0.2, 0.25) is 0 Å². The minimum atomic E-state index is 0.489. The normalized spacial score (nSPS) is 29.6. The number of aryl methyl sites for hydroxylation is 1. The average Bonchev–Trinajstić information content (AvgIpc) is 2.82. The van der Waals surface area contributed by atoms with Crippen LogP contribution >= 0.6 is 0 Å². The lowest BCUT2D eigenvalue weighted by molar-refractivity contribution is 0.294. The van der Waals surface area contributed by atoms with Gasteiger partial charge in [0.25, 0.3) is 0 Å². The van der Waals surface area contributed by atoms with Crippen molar-refractivity contribution < 1.29 is 0 Å². The van der Waals surface area contributed by atoms with Gasteiger partial charge in [-0.1, -0.05) is 29.8 Å². The molecule has 0 saturated heterocycles. The van der Waals surface area contributed by atoms with Crippen LogP contribution in [-0.2, 0) is 6.42 Å². The van der Waals surface area contributed by atoms with Gasteiger partial charge < -0.3 is 11.1 Å². The quantitative estimate of drug-likeness (QED) is 0.870. The van der Waals surface area contributed by atoms with Crippen molar-refractivity contribution >= 4 is 5.84 Å². The lowest BCUT2D eigenvalue weighted by atomic mass is 9.83. The number of hydrogen-bond donors (Lipinski definition) is 2. The summed E-state index contributed by atoms with van der Waals surface area (Å²) < 4.78 is 0. The number of hydrogen-bond acceptors (Lipinski definition) is 3. The van der Waals surface area contributed by atoms with E-state index in [1.54, 1.807) is 0 Å². The molecule has 3 atom stereocenters. The summed E-state index contributed by atoms with van der Waals surface area (Å²) >= 11 is 0. The third-order valence-electron chi connectivity index (χ3n) is 4.42. The predicted octanol–water partition coefficient (Wildman–Crippen LogP) is 2.04. The molecule has 1 aliphatic heterocycles. The summed E-state index contributed by atoms with van der Waals surface area (Å²) in [5.74, 6) is 1.85.